The molecule has 0 amide bonds. The van der Waals surface area contributed by atoms with Crippen molar-refractivity contribution >= 4 is 22.4 Å². The first kappa shape index (κ1) is 21.4. The Balaban J connectivity index is 1.63. The summed E-state index contributed by atoms with van der Waals surface area (Å²) in [5.41, 5.74) is 2.31. The van der Waals surface area contributed by atoms with E-state index in [0.29, 0.717) is 45.3 Å². The predicted octanol–water partition coefficient (Wildman–Crippen LogP) is 7.51. The lowest BCUT2D eigenvalue weighted by Crippen LogP contribution is -1.97. The molecule has 4 rings (SSSR count). The Kier molecular flexibility index (Phi) is 6.30. The van der Waals surface area contributed by atoms with Crippen LogP contribution in [-0.4, -0.2) is 7.11 Å². The molecule has 0 fully saturated rings. The second-order valence-electron chi connectivity index (χ2n) is 7.47. The van der Waals surface area contributed by atoms with E-state index in [0.717, 1.165) is 5.56 Å². The number of benzene rings is 4. The summed E-state index contributed by atoms with van der Waals surface area (Å²) in [5, 5.41) is 1.68. The molecule has 0 aliphatic rings. The van der Waals surface area contributed by atoms with Gasteiger partial charge in [0.25, 0.3) is 0 Å². The highest BCUT2D eigenvalue weighted by molar-refractivity contribution is 6.30. The summed E-state index contributed by atoms with van der Waals surface area (Å²) in [4.78, 5) is 0. The zero-order chi connectivity index (χ0) is 22.0. The quantitative estimate of drug-likeness (QED) is 0.301. The Morgan fingerprint density at radius 2 is 1.48 bits per heavy atom. The Bertz CT molecular complexity index is 1210. The van der Waals surface area contributed by atoms with Crippen molar-refractivity contribution in [2.24, 2.45) is 0 Å². The van der Waals surface area contributed by atoms with Gasteiger partial charge in [-0.05, 0) is 70.8 Å². The molecule has 5 heteroatoms. The van der Waals surface area contributed by atoms with Crippen LogP contribution >= 0.6 is 11.6 Å². The Morgan fingerprint density at radius 3 is 2.16 bits per heavy atom. The monoisotopic (exact) mass is 440 g/mol. The number of halogens is 4. The van der Waals surface area contributed by atoms with Gasteiger partial charge in [-0.15, -0.1) is 0 Å². The maximum Gasteiger partial charge on any atom is 0.134 e. The first-order chi connectivity index (χ1) is 15.0. The lowest BCUT2D eigenvalue weighted by atomic mass is 9.96. The Morgan fingerprint density at radius 1 is 0.774 bits per heavy atom. The third kappa shape index (κ3) is 4.60. The van der Waals surface area contributed by atoms with Crippen molar-refractivity contribution in [3.8, 4) is 11.1 Å². The molecule has 158 valence electrons. The van der Waals surface area contributed by atoms with Crippen molar-refractivity contribution in [1.29, 1.82) is 0 Å². The van der Waals surface area contributed by atoms with Crippen LogP contribution in [0.15, 0.2) is 66.7 Å². The van der Waals surface area contributed by atoms with E-state index in [1.54, 1.807) is 30.3 Å². The number of aryl methyl sites for hydroxylation is 2. The molecule has 0 spiro atoms. The molecule has 0 atom stereocenters. The highest BCUT2D eigenvalue weighted by Gasteiger charge is 2.15. The van der Waals surface area contributed by atoms with Gasteiger partial charge in [0, 0.05) is 17.5 Å². The van der Waals surface area contributed by atoms with Crippen LogP contribution in [0.1, 0.15) is 16.7 Å². The van der Waals surface area contributed by atoms with Gasteiger partial charge in [-0.1, -0.05) is 48.0 Å². The molecule has 4 aromatic carbocycles. The van der Waals surface area contributed by atoms with Gasteiger partial charge in [-0.2, -0.15) is 0 Å². The largest absolute Gasteiger partial charge is 0.380 e. The molecule has 0 heterocycles. The van der Waals surface area contributed by atoms with E-state index in [2.05, 4.69) is 0 Å². The van der Waals surface area contributed by atoms with Crippen molar-refractivity contribution in [3.63, 3.8) is 0 Å². The topological polar surface area (TPSA) is 9.23 Å². The van der Waals surface area contributed by atoms with Crippen molar-refractivity contribution in [1.82, 2.24) is 0 Å². The van der Waals surface area contributed by atoms with Crippen LogP contribution in [0.5, 0.6) is 0 Å². The summed E-state index contributed by atoms with van der Waals surface area (Å²) in [7, 11) is 1.46. The van der Waals surface area contributed by atoms with E-state index in [-0.39, 0.29) is 18.0 Å². The number of methoxy groups -OCH3 is 1. The van der Waals surface area contributed by atoms with Gasteiger partial charge in [-0.3, -0.25) is 0 Å². The zero-order valence-electron chi connectivity index (χ0n) is 16.9. The first-order valence-corrected chi connectivity index (χ1v) is 10.3. The van der Waals surface area contributed by atoms with Crippen molar-refractivity contribution < 1.29 is 17.9 Å². The molecule has 0 radical (unpaired) electrons. The average molecular weight is 441 g/mol. The molecular weight excluding hydrogens is 421 g/mol. The fraction of sp³-hybridized carbons (Fsp3) is 0.154. The van der Waals surface area contributed by atoms with Gasteiger partial charge >= 0.3 is 0 Å². The van der Waals surface area contributed by atoms with Crippen LogP contribution in [0.2, 0.25) is 5.02 Å². The summed E-state index contributed by atoms with van der Waals surface area (Å²) in [6.07, 6.45) is 1.22. The van der Waals surface area contributed by atoms with Crippen molar-refractivity contribution in [3.05, 3.63) is 106 Å². The Hall–Kier alpha value is -2.82. The fourth-order valence-corrected chi connectivity index (χ4v) is 3.89. The van der Waals surface area contributed by atoms with Gasteiger partial charge in [-0.25, -0.2) is 13.2 Å². The third-order valence-corrected chi connectivity index (χ3v) is 5.58. The van der Waals surface area contributed by atoms with E-state index in [4.69, 9.17) is 16.3 Å². The molecule has 0 saturated heterocycles. The highest BCUT2D eigenvalue weighted by Crippen LogP contribution is 2.32. The van der Waals surface area contributed by atoms with Gasteiger partial charge < -0.3 is 4.74 Å². The predicted molar refractivity (Wildman–Crippen MR) is 119 cm³/mol. The molecule has 4 aromatic rings. The molecular formula is C26H20ClF3O. The smallest absolute Gasteiger partial charge is 0.134 e. The SMILES string of the molecule is COCc1cc(F)c(-c2ccc3c(F)c(CCc4ccc(Cl)cc4)ccc3c2)c(F)c1. The first-order valence-electron chi connectivity index (χ1n) is 9.89. The number of ether oxygens (including phenoxy) is 1. The molecule has 31 heavy (non-hydrogen) atoms. The molecule has 0 saturated carbocycles. The molecule has 0 aliphatic heterocycles. The zero-order valence-corrected chi connectivity index (χ0v) is 17.6. The molecule has 0 unspecified atom stereocenters. The van der Waals surface area contributed by atoms with Crippen LogP contribution < -0.4 is 0 Å². The van der Waals surface area contributed by atoms with E-state index in [1.165, 1.54) is 19.2 Å². The van der Waals surface area contributed by atoms with Crippen molar-refractivity contribution in [2.75, 3.05) is 7.11 Å². The van der Waals surface area contributed by atoms with Crippen LogP contribution in [0, 0.1) is 17.5 Å². The lowest BCUT2D eigenvalue weighted by Gasteiger charge is -2.11. The summed E-state index contributed by atoms with van der Waals surface area (Å²) in [6.45, 7) is 0.121. The highest BCUT2D eigenvalue weighted by atomic mass is 35.5. The van der Waals surface area contributed by atoms with Crippen LogP contribution in [0.25, 0.3) is 21.9 Å². The molecule has 0 aliphatic carbocycles. The minimum Gasteiger partial charge on any atom is -0.380 e. The lowest BCUT2D eigenvalue weighted by molar-refractivity contribution is 0.184. The third-order valence-electron chi connectivity index (χ3n) is 5.33. The minimum absolute atomic E-state index is 0.121. The van der Waals surface area contributed by atoms with E-state index >= 15 is 4.39 Å². The van der Waals surface area contributed by atoms with Crippen LogP contribution in [0.3, 0.4) is 0 Å². The van der Waals surface area contributed by atoms with Crippen LogP contribution in [0.4, 0.5) is 13.2 Å². The number of hydrogen-bond acceptors (Lipinski definition) is 1. The number of rotatable bonds is 6. The van der Waals surface area contributed by atoms with Crippen LogP contribution in [-0.2, 0) is 24.2 Å². The standard InChI is InChI=1S/C26H20ClF3O/c1-31-15-17-12-23(28)25(24(29)13-17)20-8-11-22-19(14-20)7-6-18(26(22)30)5-2-16-3-9-21(27)10-4-16/h3-4,6-14H,2,5,15H2,1H3. The second-order valence-corrected chi connectivity index (χ2v) is 7.90. The van der Waals surface area contributed by atoms with Gasteiger partial charge in [0.1, 0.15) is 17.5 Å². The Labute approximate surface area is 184 Å². The van der Waals surface area contributed by atoms with Gasteiger partial charge in [0.05, 0.1) is 12.2 Å². The minimum atomic E-state index is -0.675. The maximum atomic E-state index is 15.1. The van der Waals surface area contributed by atoms with Gasteiger partial charge in [0.2, 0.25) is 0 Å². The molecule has 0 N–H and O–H groups in total. The summed E-state index contributed by atoms with van der Waals surface area (Å²) in [5.74, 6) is -1.66. The van der Waals surface area contributed by atoms with Gasteiger partial charge in [0.15, 0.2) is 0 Å². The second kappa shape index (κ2) is 9.13. The molecule has 0 bridgehead atoms. The molecule has 1 nitrogen and oxygen atoms in total. The van der Waals surface area contributed by atoms with E-state index in [9.17, 15) is 8.78 Å². The number of fused-ring (bicyclic) bond motifs is 1. The summed E-state index contributed by atoms with van der Waals surface area (Å²) < 4.78 is 49.2. The summed E-state index contributed by atoms with van der Waals surface area (Å²) >= 11 is 5.91. The molecule has 0 aromatic heterocycles. The van der Waals surface area contributed by atoms with Crippen molar-refractivity contribution in [2.45, 2.75) is 19.4 Å². The number of hydrogen-bond donors (Lipinski definition) is 0. The fourth-order valence-electron chi connectivity index (χ4n) is 3.77. The average Bonchev–Trinajstić information content (AvgIpc) is 2.74. The van der Waals surface area contributed by atoms with E-state index in [1.807, 2.05) is 24.3 Å². The summed E-state index contributed by atoms with van der Waals surface area (Å²) in [6, 6.07) is 18.2. The maximum absolute atomic E-state index is 15.1. The van der Waals surface area contributed by atoms with E-state index < -0.39 is 11.6 Å². The normalized spacial score (nSPS) is 11.3.